The van der Waals surface area contributed by atoms with Gasteiger partial charge in [-0.25, -0.2) is 0 Å². The summed E-state index contributed by atoms with van der Waals surface area (Å²) in [5.74, 6) is -1.41. The number of allylic oxidation sites excluding steroid dienone is 3. The van der Waals surface area contributed by atoms with Crippen LogP contribution in [-0.2, 0) is 23.9 Å². The molecule has 1 aliphatic rings. The van der Waals surface area contributed by atoms with Crippen LogP contribution >= 0.6 is 0 Å². The molecule has 44 heavy (non-hydrogen) atoms. The molecule has 0 unspecified atom stereocenters. The van der Waals surface area contributed by atoms with Gasteiger partial charge < -0.3 is 24.8 Å². The van der Waals surface area contributed by atoms with Crippen molar-refractivity contribution in [2.24, 2.45) is 11.8 Å². The molecule has 1 fully saturated rings. The molecular formula is C36H62O8. The Labute approximate surface area is 266 Å². The third-order valence-electron chi connectivity index (χ3n) is 8.37. The van der Waals surface area contributed by atoms with E-state index in [9.17, 15) is 29.7 Å². The Balaban J connectivity index is 2.21. The zero-order chi connectivity index (χ0) is 32.4. The number of Topliss-reactive ketones (excluding diaryl/α,β-unsaturated/α-hetero) is 1. The van der Waals surface area contributed by atoms with Crippen molar-refractivity contribution in [2.45, 2.75) is 161 Å². The van der Waals surface area contributed by atoms with Crippen LogP contribution in [0.5, 0.6) is 0 Å². The van der Waals surface area contributed by atoms with E-state index in [1.165, 1.54) is 44.9 Å². The number of rotatable bonds is 27. The minimum absolute atomic E-state index is 0.00132. The predicted octanol–water partition coefficient (Wildman–Crippen LogP) is 6.92. The second-order valence-corrected chi connectivity index (χ2v) is 12.4. The highest BCUT2D eigenvalue weighted by molar-refractivity contribution is 5.86. The highest BCUT2D eigenvalue weighted by atomic mass is 16.6. The fourth-order valence-electron chi connectivity index (χ4n) is 5.59. The molecule has 0 saturated heterocycles. The van der Waals surface area contributed by atoms with Crippen LogP contribution in [0.4, 0.5) is 0 Å². The van der Waals surface area contributed by atoms with Gasteiger partial charge in [0.1, 0.15) is 12.4 Å². The summed E-state index contributed by atoms with van der Waals surface area (Å²) >= 11 is 0. The molecule has 1 aliphatic carbocycles. The number of hydrogen-bond acceptors (Lipinski definition) is 8. The van der Waals surface area contributed by atoms with Gasteiger partial charge in [0.25, 0.3) is 0 Å². The Morgan fingerprint density at radius 1 is 0.864 bits per heavy atom. The summed E-state index contributed by atoms with van der Waals surface area (Å²) in [4.78, 5) is 36.6. The number of aliphatic hydroxyl groups is 3. The summed E-state index contributed by atoms with van der Waals surface area (Å²) in [5, 5.41) is 30.1. The van der Waals surface area contributed by atoms with Gasteiger partial charge in [0, 0.05) is 31.1 Å². The number of unbranched alkanes of at least 4 members (excludes halogenated alkanes) is 12. The first-order chi connectivity index (χ1) is 21.3. The minimum Gasteiger partial charge on any atom is -0.462 e. The van der Waals surface area contributed by atoms with Crippen molar-refractivity contribution in [1.29, 1.82) is 0 Å². The Hall–Kier alpha value is -2.03. The van der Waals surface area contributed by atoms with E-state index in [2.05, 4.69) is 13.8 Å². The van der Waals surface area contributed by atoms with E-state index < -0.39 is 36.8 Å². The molecule has 0 aromatic carbocycles. The van der Waals surface area contributed by atoms with Crippen LogP contribution in [-0.4, -0.2) is 64.6 Å². The number of carbonyl (C=O) groups is 3. The molecule has 0 aliphatic heterocycles. The monoisotopic (exact) mass is 622 g/mol. The lowest BCUT2D eigenvalue weighted by Gasteiger charge is -2.17. The number of ketones is 1. The van der Waals surface area contributed by atoms with Gasteiger partial charge in [0.05, 0.1) is 18.8 Å². The highest BCUT2D eigenvalue weighted by Crippen LogP contribution is 2.33. The highest BCUT2D eigenvalue weighted by Gasteiger charge is 2.39. The maximum atomic E-state index is 12.4. The minimum atomic E-state index is -0.869. The molecule has 0 heterocycles. The van der Waals surface area contributed by atoms with Crippen molar-refractivity contribution in [2.75, 3.05) is 13.2 Å². The molecule has 0 amide bonds. The summed E-state index contributed by atoms with van der Waals surface area (Å²) < 4.78 is 10.5. The van der Waals surface area contributed by atoms with E-state index in [0.29, 0.717) is 32.1 Å². The average Bonchev–Trinajstić information content (AvgIpc) is 3.27. The van der Waals surface area contributed by atoms with Crippen LogP contribution in [0.2, 0.25) is 0 Å². The van der Waals surface area contributed by atoms with Crippen LogP contribution in [0.25, 0.3) is 0 Å². The average molecular weight is 623 g/mol. The number of carbonyl (C=O) groups excluding carboxylic acids is 3. The van der Waals surface area contributed by atoms with Crippen molar-refractivity contribution in [1.82, 2.24) is 0 Å². The van der Waals surface area contributed by atoms with Gasteiger partial charge in [-0.1, -0.05) is 115 Å². The summed E-state index contributed by atoms with van der Waals surface area (Å²) in [6, 6.07) is 0. The summed E-state index contributed by atoms with van der Waals surface area (Å²) in [6.07, 6.45) is 23.1. The van der Waals surface area contributed by atoms with Crippen molar-refractivity contribution >= 4 is 17.7 Å². The number of esters is 2. The maximum absolute atomic E-state index is 12.4. The van der Waals surface area contributed by atoms with Gasteiger partial charge in [0.2, 0.25) is 0 Å². The van der Waals surface area contributed by atoms with Gasteiger partial charge in [-0.05, 0) is 32.1 Å². The van der Waals surface area contributed by atoms with Gasteiger partial charge in [-0.2, -0.15) is 0 Å². The van der Waals surface area contributed by atoms with Crippen LogP contribution in [0.3, 0.4) is 0 Å². The lowest BCUT2D eigenvalue weighted by Crippen LogP contribution is -2.28. The van der Waals surface area contributed by atoms with E-state index >= 15 is 0 Å². The normalized spacial score (nSPS) is 20.0. The van der Waals surface area contributed by atoms with E-state index in [0.717, 1.165) is 38.5 Å². The van der Waals surface area contributed by atoms with Gasteiger partial charge in [0.15, 0.2) is 6.10 Å². The largest absolute Gasteiger partial charge is 0.462 e. The Kier molecular flexibility index (Phi) is 23.8. The molecule has 0 aromatic heterocycles. The van der Waals surface area contributed by atoms with Gasteiger partial charge >= 0.3 is 11.9 Å². The SMILES string of the molecule is CCCCCCCCCCCCC(=O)OC[C@H](CO)OC(=O)CCC/C=C\C[C@H]1[C@@H](O)CC(=O)[C@@H]1/C=C/[C@@H](O)CCCCC. The number of aliphatic hydroxyl groups excluding tert-OH is 3. The van der Waals surface area contributed by atoms with Gasteiger partial charge in [-0.3, -0.25) is 14.4 Å². The summed E-state index contributed by atoms with van der Waals surface area (Å²) in [6.45, 7) is 3.77. The van der Waals surface area contributed by atoms with Crippen LogP contribution in [0, 0.1) is 11.8 Å². The van der Waals surface area contributed by atoms with E-state index in [1.54, 1.807) is 12.2 Å². The van der Waals surface area contributed by atoms with Crippen LogP contribution < -0.4 is 0 Å². The number of ether oxygens (including phenoxy) is 2. The Morgan fingerprint density at radius 3 is 2.14 bits per heavy atom. The quantitative estimate of drug-likeness (QED) is 0.0511. The molecule has 3 N–H and O–H groups in total. The molecule has 0 aromatic rings. The van der Waals surface area contributed by atoms with Gasteiger partial charge in [-0.15, -0.1) is 0 Å². The molecule has 8 heteroatoms. The molecule has 5 atom stereocenters. The zero-order valence-electron chi connectivity index (χ0n) is 27.6. The topological polar surface area (TPSA) is 130 Å². The van der Waals surface area contributed by atoms with Crippen molar-refractivity contribution < 1.29 is 39.2 Å². The zero-order valence-corrected chi connectivity index (χ0v) is 27.6. The van der Waals surface area contributed by atoms with Crippen LogP contribution in [0.15, 0.2) is 24.3 Å². The third-order valence-corrected chi connectivity index (χ3v) is 8.37. The van der Waals surface area contributed by atoms with E-state index in [1.807, 2.05) is 12.2 Å². The second kappa shape index (κ2) is 26.2. The van der Waals surface area contributed by atoms with E-state index in [-0.39, 0.29) is 37.1 Å². The molecule has 0 radical (unpaired) electrons. The fourth-order valence-corrected chi connectivity index (χ4v) is 5.59. The second-order valence-electron chi connectivity index (χ2n) is 12.4. The van der Waals surface area contributed by atoms with Crippen molar-refractivity contribution in [3.8, 4) is 0 Å². The third kappa shape index (κ3) is 19.4. The summed E-state index contributed by atoms with van der Waals surface area (Å²) in [7, 11) is 0. The molecule has 0 bridgehead atoms. The Bertz CT molecular complexity index is 823. The molecular weight excluding hydrogens is 560 g/mol. The van der Waals surface area contributed by atoms with Crippen molar-refractivity contribution in [3.05, 3.63) is 24.3 Å². The molecule has 8 nitrogen and oxygen atoms in total. The number of hydrogen-bond donors (Lipinski definition) is 3. The lowest BCUT2D eigenvalue weighted by atomic mass is 9.90. The summed E-state index contributed by atoms with van der Waals surface area (Å²) in [5.41, 5.74) is 0. The first-order valence-corrected chi connectivity index (χ1v) is 17.5. The van der Waals surface area contributed by atoms with E-state index in [4.69, 9.17) is 9.47 Å². The first kappa shape index (κ1) is 40.0. The standard InChI is InChI=1S/C36H62O8/c1-3-5-7-8-9-10-11-12-13-18-22-35(41)43-28-30(27-37)44-36(42)23-19-15-14-17-21-31-32(34(40)26-33(31)39)25-24-29(38)20-16-6-4-2/h14,17,24-25,29-33,37-39H,3-13,15-16,18-23,26-28H2,1-2H3/b17-14-,25-24+/t29-,30-,31+,32+,33-/m0/s1. The Morgan fingerprint density at radius 2 is 1.48 bits per heavy atom. The smallest absolute Gasteiger partial charge is 0.306 e. The molecule has 1 saturated carbocycles. The molecule has 0 spiro atoms. The first-order valence-electron chi connectivity index (χ1n) is 17.5. The fraction of sp³-hybridized carbons (Fsp3) is 0.806. The predicted molar refractivity (Wildman–Crippen MR) is 174 cm³/mol. The van der Waals surface area contributed by atoms with Crippen LogP contribution in [0.1, 0.15) is 142 Å². The lowest BCUT2D eigenvalue weighted by molar-refractivity contribution is -0.161. The van der Waals surface area contributed by atoms with Crippen molar-refractivity contribution in [3.63, 3.8) is 0 Å². The molecule has 1 rings (SSSR count). The maximum Gasteiger partial charge on any atom is 0.306 e. The molecule has 254 valence electrons.